The highest BCUT2D eigenvalue weighted by molar-refractivity contribution is 6.09. The third-order valence-corrected chi connectivity index (χ3v) is 6.31. The molecule has 0 fully saturated rings. The standard InChI is InChI=1S/C29H25N3O3/c30-28-31-29(24-10-3-1-4-11-24,25-12-5-2-6-13-25)27(34)32(28)19-22-8-7-9-23(18-22)26(33)15-14-21-16-17-35-20-21/h1-13,16-18,20H,14-15,19H2,(H2,30,31). The van der Waals surface area contributed by atoms with Crippen molar-refractivity contribution in [1.82, 2.24) is 4.90 Å². The van der Waals surface area contributed by atoms with Gasteiger partial charge in [-0.1, -0.05) is 78.9 Å². The summed E-state index contributed by atoms with van der Waals surface area (Å²) in [4.78, 5) is 32.9. The summed E-state index contributed by atoms with van der Waals surface area (Å²) >= 11 is 0. The van der Waals surface area contributed by atoms with E-state index >= 15 is 0 Å². The molecule has 0 spiro atoms. The first-order valence-electron chi connectivity index (χ1n) is 11.5. The van der Waals surface area contributed by atoms with E-state index in [1.165, 1.54) is 4.90 Å². The summed E-state index contributed by atoms with van der Waals surface area (Å²) in [6, 6.07) is 28.1. The number of rotatable bonds is 8. The lowest BCUT2D eigenvalue weighted by atomic mass is 9.83. The number of furan rings is 1. The minimum absolute atomic E-state index is 0.0327. The lowest BCUT2D eigenvalue weighted by Crippen LogP contribution is -2.43. The average Bonchev–Trinajstić information content (AvgIpc) is 3.51. The second-order valence-corrected chi connectivity index (χ2v) is 8.56. The molecule has 0 unspecified atom stereocenters. The van der Waals surface area contributed by atoms with Crippen molar-refractivity contribution < 1.29 is 14.0 Å². The van der Waals surface area contributed by atoms with Crippen LogP contribution in [0.2, 0.25) is 0 Å². The molecule has 6 nitrogen and oxygen atoms in total. The molecule has 4 aromatic rings. The van der Waals surface area contributed by atoms with Gasteiger partial charge in [-0.05, 0) is 40.8 Å². The van der Waals surface area contributed by atoms with E-state index < -0.39 is 5.54 Å². The molecule has 1 aliphatic heterocycles. The molecule has 2 heterocycles. The summed E-state index contributed by atoms with van der Waals surface area (Å²) in [5.74, 6) is -0.0335. The quantitative estimate of drug-likeness (QED) is 0.384. The first-order chi connectivity index (χ1) is 17.1. The highest BCUT2D eigenvalue weighted by Gasteiger charge is 2.50. The third-order valence-electron chi connectivity index (χ3n) is 6.31. The number of hydrogen-bond acceptors (Lipinski definition) is 5. The van der Waals surface area contributed by atoms with E-state index in [0.717, 1.165) is 22.3 Å². The molecule has 6 heteroatoms. The second-order valence-electron chi connectivity index (χ2n) is 8.56. The van der Waals surface area contributed by atoms with E-state index in [-0.39, 0.29) is 24.2 Å². The number of hydrogen-bond donors (Lipinski definition) is 1. The van der Waals surface area contributed by atoms with Crippen LogP contribution in [0.3, 0.4) is 0 Å². The van der Waals surface area contributed by atoms with Gasteiger partial charge in [-0.3, -0.25) is 14.5 Å². The molecule has 0 saturated carbocycles. The van der Waals surface area contributed by atoms with E-state index in [0.29, 0.717) is 18.4 Å². The van der Waals surface area contributed by atoms with E-state index in [4.69, 9.17) is 15.1 Å². The summed E-state index contributed by atoms with van der Waals surface area (Å²) in [6.07, 6.45) is 4.24. The SMILES string of the molecule is NC1=NC(c2ccccc2)(c2ccccc2)C(=O)N1Cc1cccc(C(=O)CCc2ccoc2)c1. The zero-order valence-electron chi connectivity index (χ0n) is 19.1. The Kier molecular flexibility index (Phi) is 6.02. The van der Waals surface area contributed by atoms with Gasteiger partial charge in [0, 0.05) is 12.0 Å². The van der Waals surface area contributed by atoms with Crippen LogP contribution in [-0.2, 0) is 23.3 Å². The van der Waals surface area contributed by atoms with Gasteiger partial charge in [0.05, 0.1) is 19.1 Å². The zero-order chi connectivity index (χ0) is 24.3. The number of Topliss-reactive ketones (excluding diaryl/α,β-unsaturated/α-hetero) is 1. The highest BCUT2D eigenvalue weighted by Crippen LogP contribution is 2.39. The molecule has 1 amide bonds. The topological polar surface area (TPSA) is 88.9 Å². The molecule has 174 valence electrons. The van der Waals surface area contributed by atoms with E-state index in [1.54, 1.807) is 18.6 Å². The maximum absolute atomic E-state index is 14.0. The van der Waals surface area contributed by atoms with Gasteiger partial charge in [0.2, 0.25) is 0 Å². The normalized spacial score (nSPS) is 14.7. The van der Waals surface area contributed by atoms with E-state index in [1.807, 2.05) is 84.9 Å². The maximum atomic E-state index is 14.0. The molecule has 5 rings (SSSR count). The summed E-state index contributed by atoms with van der Waals surface area (Å²) in [7, 11) is 0. The van der Waals surface area contributed by atoms with Crippen LogP contribution in [0.25, 0.3) is 0 Å². The molecule has 35 heavy (non-hydrogen) atoms. The van der Waals surface area contributed by atoms with Crippen LogP contribution in [0.4, 0.5) is 0 Å². The van der Waals surface area contributed by atoms with Crippen molar-refractivity contribution in [3.63, 3.8) is 0 Å². The van der Waals surface area contributed by atoms with Gasteiger partial charge >= 0.3 is 0 Å². The number of guanidine groups is 1. The van der Waals surface area contributed by atoms with Crippen LogP contribution < -0.4 is 5.73 Å². The molecule has 1 aliphatic rings. The van der Waals surface area contributed by atoms with Gasteiger partial charge in [-0.2, -0.15) is 0 Å². The summed E-state index contributed by atoms with van der Waals surface area (Å²) in [5, 5.41) is 0. The Morgan fingerprint density at radius 3 is 2.20 bits per heavy atom. The van der Waals surface area contributed by atoms with Gasteiger partial charge in [-0.15, -0.1) is 0 Å². The smallest absolute Gasteiger partial charge is 0.266 e. The Labute approximate surface area is 203 Å². The Hall–Kier alpha value is -4.45. The van der Waals surface area contributed by atoms with Crippen LogP contribution in [0.15, 0.2) is 113 Å². The fraction of sp³-hybridized carbons (Fsp3) is 0.138. The van der Waals surface area contributed by atoms with Crippen LogP contribution in [0.1, 0.15) is 39.0 Å². The lowest BCUT2D eigenvalue weighted by Gasteiger charge is -2.27. The highest BCUT2D eigenvalue weighted by atomic mass is 16.3. The molecule has 0 aliphatic carbocycles. The van der Waals surface area contributed by atoms with Crippen molar-refractivity contribution in [2.75, 3.05) is 0 Å². The molecule has 2 N–H and O–H groups in total. The number of carbonyl (C=O) groups is 2. The van der Waals surface area contributed by atoms with Crippen molar-refractivity contribution in [2.45, 2.75) is 24.9 Å². The summed E-state index contributed by atoms with van der Waals surface area (Å²) in [6.45, 7) is 0.221. The number of carbonyl (C=O) groups excluding carboxylic acids is 2. The number of ketones is 1. The van der Waals surface area contributed by atoms with E-state index in [2.05, 4.69) is 0 Å². The average molecular weight is 464 g/mol. The minimum atomic E-state index is -1.25. The molecule has 0 atom stereocenters. The van der Waals surface area contributed by atoms with Gasteiger partial charge < -0.3 is 10.2 Å². The first kappa shape index (κ1) is 22.3. The van der Waals surface area contributed by atoms with Crippen LogP contribution in [0.5, 0.6) is 0 Å². The number of aliphatic imine (C=N–C) groups is 1. The number of nitrogens with zero attached hydrogens (tertiary/aromatic N) is 2. The molecule has 1 aromatic heterocycles. The van der Waals surface area contributed by atoms with Crippen molar-refractivity contribution in [3.05, 3.63) is 131 Å². The lowest BCUT2D eigenvalue weighted by molar-refractivity contribution is -0.130. The third kappa shape index (κ3) is 4.26. The van der Waals surface area contributed by atoms with Crippen LogP contribution in [0, 0.1) is 0 Å². The van der Waals surface area contributed by atoms with Gasteiger partial charge in [-0.25, -0.2) is 4.99 Å². The molecule has 0 saturated heterocycles. The fourth-order valence-electron chi connectivity index (χ4n) is 4.50. The van der Waals surface area contributed by atoms with E-state index in [9.17, 15) is 9.59 Å². The van der Waals surface area contributed by atoms with Gasteiger partial charge in [0.25, 0.3) is 5.91 Å². The molecular formula is C29H25N3O3. The summed E-state index contributed by atoms with van der Waals surface area (Å²) < 4.78 is 5.07. The van der Waals surface area contributed by atoms with Crippen LogP contribution in [-0.4, -0.2) is 22.5 Å². The van der Waals surface area contributed by atoms with Crippen molar-refractivity contribution in [3.8, 4) is 0 Å². The van der Waals surface area contributed by atoms with Crippen molar-refractivity contribution in [2.24, 2.45) is 10.7 Å². The van der Waals surface area contributed by atoms with Gasteiger partial charge in [0.15, 0.2) is 17.3 Å². The predicted octanol–water partition coefficient (Wildman–Crippen LogP) is 4.70. The predicted molar refractivity (Wildman–Crippen MR) is 134 cm³/mol. The van der Waals surface area contributed by atoms with Crippen molar-refractivity contribution >= 4 is 17.6 Å². The zero-order valence-corrected chi connectivity index (χ0v) is 19.1. The molecule has 0 bridgehead atoms. The summed E-state index contributed by atoms with van der Waals surface area (Å²) in [5.41, 5.74) is 9.01. The monoisotopic (exact) mass is 463 g/mol. The number of nitrogens with two attached hydrogens (primary N) is 1. The fourth-order valence-corrected chi connectivity index (χ4v) is 4.50. The van der Waals surface area contributed by atoms with Crippen molar-refractivity contribution in [1.29, 1.82) is 0 Å². The molecule has 0 radical (unpaired) electrons. The molecular weight excluding hydrogens is 438 g/mol. The first-order valence-corrected chi connectivity index (χ1v) is 11.5. The Morgan fingerprint density at radius 2 is 1.57 bits per heavy atom. The minimum Gasteiger partial charge on any atom is -0.472 e. The Bertz CT molecular complexity index is 1320. The number of amides is 1. The Morgan fingerprint density at radius 1 is 0.886 bits per heavy atom. The number of aryl methyl sites for hydroxylation is 1. The van der Waals surface area contributed by atoms with Crippen LogP contribution >= 0.6 is 0 Å². The Balaban J connectivity index is 1.41. The second kappa shape index (κ2) is 9.43. The largest absolute Gasteiger partial charge is 0.472 e. The number of benzene rings is 3. The molecule has 3 aromatic carbocycles. The maximum Gasteiger partial charge on any atom is 0.266 e. The van der Waals surface area contributed by atoms with Gasteiger partial charge in [0.1, 0.15) is 0 Å².